The Labute approximate surface area is 255 Å². The predicted molar refractivity (Wildman–Crippen MR) is 170 cm³/mol. The van der Waals surface area contributed by atoms with Crippen molar-refractivity contribution in [1.29, 1.82) is 0 Å². The van der Waals surface area contributed by atoms with Crippen molar-refractivity contribution in [2.24, 2.45) is 5.16 Å². The van der Waals surface area contributed by atoms with E-state index in [9.17, 15) is 9.59 Å². The van der Waals surface area contributed by atoms with Crippen LogP contribution < -0.4 is 11.3 Å². The van der Waals surface area contributed by atoms with Crippen molar-refractivity contribution in [2.75, 3.05) is 7.11 Å². The number of hydrogen-bond acceptors (Lipinski definition) is 8. The minimum Gasteiger partial charge on any atom is -0.399 e. The van der Waals surface area contributed by atoms with Gasteiger partial charge in [0.1, 0.15) is 13.4 Å². The molecule has 5 aromatic rings. The summed E-state index contributed by atoms with van der Waals surface area (Å²) in [6.07, 6.45) is 8.01. The van der Waals surface area contributed by atoms with Crippen LogP contribution >= 0.6 is 0 Å². The second-order valence-electron chi connectivity index (χ2n) is 11.0. The van der Waals surface area contributed by atoms with Crippen LogP contribution in [0.2, 0.25) is 0 Å². The number of nitrogens with zero attached hydrogens (tertiary/aromatic N) is 6. The van der Waals surface area contributed by atoms with E-state index < -0.39 is 5.76 Å². The van der Waals surface area contributed by atoms with Gasteiger partial charge in [0.25, 0.3) is 5.56 Å². The molecule has 0 amide bonds. The number of hydrogen-bond donors (Lipinski definition) is 1. The fourth-order valence-electron chi connectivity index (χ4n) is 5.79. The highest BCUT2D eigenvalue weighted by Crippen LogP contribution is 2.31. The molecule has 0 aliphatic heterocycles. The number of benzene rings is 2. The fraction of sp³-hybridized carbons (Fsp3) is 0.394. The average Bonchev–Trinajstić information content (AvgIpc) is 3.70. The molecule has 2 aromatic carbocycles. The Morgan fingerprint density at radius 3 is 2.36 bits per heavy atom. The Morgan fingerprint density at radius 1 is 1.02 bits per heavy atom. The molecule has 1 saturated carbocycles. The van der Waals surface area contributed by atoms with Crippen molar-refractivity contribution in [3.05, 3.63) is 92.6 Å². The molecule has 0 saturated heterocycles. The molecule has 0 unspecified atom stereocenters. The zero-order valence-corrected chi connectivity index (χ0v) is 25.7. The first-order chi connectivity index (χ1) is 21.5. The highest BCUT2D eigenvalue weighted by Gasteiger charge is 2.26. The molecule has 0 spiro atoms. The molecule has 6 rings (SSSR count). The summed E-state index contributed by atoms with van der Waals surface area (Å²) in [6, 6.07) is 15.8. The zero-order valence-electron chi connectivity index (χ0n) is 25.7. The van der Waals surface area contributed by atoms with Gasteiger partial charge in [-0.15, -0.1) is 0 Å². The van der Waals surface area contributed by atoms with E-state index in [0.29, 0.717) is 18.0 Å². The summed E-state index contributed by atoms with van der Waals surface area (Å²) in [6.45, 7) is 6.35. The van der Waals surface area contributed by atoms with Crippen LogP contribution in [0.3, 0.4) is 0 Å². The van der Waals surface area contributed by atoms with E-state index >= 15 is 0 Å². The van der Waals surface area contributed by atoms with Crippen molar-refractivity contribution in [2.45, 2.75) is 78.2 Å². The minimum absolute atomic E-state index is 0.00418. The number of aromatic nitrogens is 6. The largest absolute Gasteiger partial charge is 0.439 e. The molecule has 1 N–H and O–H groups in total. The lowest BCUT2D eigenvalue weighted by Gasteiger charge is -2.26. The highest BCUT2D eigenvalue weighted by atomic mass is 16.6. The molecule has 1 aliphatic rings. The number of rotatable bonds is 8. The number of oxime groups is 1. The maximum Gasteiger partial charge on any atom is 0.439 e. The molecule has 1 aliphatic carbocycles. The van der Waals surface area contributed by atoms with Crippen LogP contribution in [0.25, 0.3) is 28.3 Å². The first kappa shape index (κ1) is 30.7. The van der Waals surface area contributed by atoms with Gasteiger partial charge in [0.15, 0.2) is 5.82 Å². The Morgan fingerprint density at radius 2 is 1.73 bits per heavy atom. The van der Waals surface area contributed by atoms with Gasteiger partial charge in [0.2, 0.25) is 5.78 Å². The van der Waals surface area contributed by atoms with Crippen molar-refractivity contribution in [1.82, 2.24) is 29.3 Å². The van der Waals surface area contributed by atoms with E-state index in [4.69, 9.17) is 9.36 Å². The number of aromatic amines is 1. The molecule has 0 radical (unpaired) electrons. The number of aryl methyl sites for hydroxylation is 1. The third-order valence-corrected chi connectivity index (χ3v) is 7.70. The summed E-state index contributed by atoms with van der Waals surface area (Å²) >= 11 is 0. The van der Waals surface area contributed by atoms with Gasteiger partial charge in [-0.05, 0) is 48.8 Å². The quantitative estimate of drug-likeness (QED) is 0.218. The topological polar surface area (TPSA) is 133 Å². The number of nitrogens with one attached hydrogen (secondary N) is 1. The maximum atomic E-state index is 14.2. The molecule has 11 heteroatoms. The summed E-state index contributed by atoms with van der Waals surface area (Å²) < 4.78 is 8.41. The second kappa shape index (κ2) is 14.1. The Kier molecular flexibility index (Phi) is 9.83. The van der Waals surface area contributed by atoms with Crippen LogP contribution in [0.5, 0.6) is 0 Å². The van der Waals surface area contributed by atoms with Gasteiger partial charge >= 0.3 is 5.76 Å². The van der Waals surface area contributed by atoms with Gasteiger partial charge < -0.3 is 4.84 Å². The molecule has 3 heterocycles. The van der Waals surface area contributed by atoms with Crippen molar-refractivity contribution < 1.29 is 9.36 Å². The normalized spacial score (nSPS) is 14.7. The molecule has 11 nitrogen and oxygen atoms in total. The SMILES string of the molecule is CCC.CCCc1c(Cc2ccc(-c3ccccc3-c3noc(=O)[nH]3)cc2)c(=O)n(C2CCC(=NOC)CC2)c2ncnn12. The van der Waals surface area contributed by atoms with Crippen LogP contribution in [0.15, 0.2) is 74.1 Å². The van der Waals surface area contributed by atoms with E-state index in [1.807, 2.05) is 57.6 Å². The van der Waals surface area contributed by atoms with Gasteiger partial charge in [0, 0.05) is 23.6 Å². The van der Waals surface area contributed by atoms with Gasteiger partial charge in [-0.1, -0.05) is 92.5 Å². The molecule has 44 heavy (non-hydrogen) atoms. The molecule has 0 bridgehead atoms. The van der Waals surface area contributed by atoms with E-state index in [2.05, 4.69) is 46.2 Å². The van der Waals surface area contributed by atoms with Crippen LogP contribution in [0.4, 0.5) is 0 Å². The Bertz CT molecular complexity index is 1840. The van der Waals surface area contributed by atoms with Crippen LogP contribution in [0, 0.1) is 0 Å². The first-order valence-electron chi connectivity index (χ1n) is 15.3. The van der Waals surface area contributed by atoms with Gasteiger partial charge in [-0.2, -0.15) is 10.1 Å². The lowest BCUT2D eigenvalue weighted by atomic mass is 9.93. The van der Waals surface area contributed by atoms with Crippen LogP contribution in [-0.2, 0) is 17.7 Å². The number of fused-ring (bicyclic) bond motifs is 1. The van der Waals surface area contributed by atoms with Crippen molar-refractivity contribution in [3.8, 4) is 22.5 Å². The monoisotopic (exact) mass is 597 g/mol. The van der Waals surface area contributed by atoms with Gasteiger partial charge in [-0.25, -0.2) is 9.31 Å². The van der Waals surface area contributed by atoms with Crippen LogP contribution in [-0.4, -0.2) is 42.1 Å². The smallest absolute Gasteiger partial charge is 0.399 e. The minimum atomic E-state index is -0.597. The maximum absolute atomic E-state index is 14.2. The Balaban J connectivity index is 0.00000123. The lowest BCUT2D eigenvalue weighted by Crippen LogP contribution is -2.34. The number of H-pyrrole nitrogens is 1. The third kappa shape index (κ3) is 6.41. The summed E-state index contributed by atoms with van der Waals surface area (Å²) in [4.78, 5) is 37.8. The van der Waals surface area contributed by atoms with Crippen molar-refractivity contribution in [3.63, 3.8) is 0 Å². The fourth-order valence-corrected chi connectivity index (χ4v) is 5.79. The molecule has 0 atom stereocenters. The zero-order chi connectivity index (χ0) is 31.1. The molecule has 3 aromatic heterocycles. The summed E-state index contributed by atoms with van der Waals surface area (Å²) in [5, 5.41) is 12.5. The molecular formula is C33H39N7O4. The molecular weight excluding hydrogens is 558 g/mol. The van der Waals surface area contributed by atoms with Crippen LogP contribution in [0.1, 0.15) is 82.2 Å². The summed E-state index contributed by atoms with van der Waals surface area (Å²) in [5.41, 5.74) is 6.32. The highest BCUT2D eigenvalue weighted by molar-refractivity contribution is 5.84. The molecule has 1 fully saturated rings. The first-order valence-corrected chi connectivity index (χ1v) is 15.3. The summed E-state index contributed by atoms with van der Waals surface area (Å²) in [5.74, 6) is 0.376. The second-order valence-corrected chi connectivity index (χ2v) is 11.0. The van der Waals surface area contributed by atoms with Gasteiger partial charge in [0.05, 0.1) is 11.4 Å². The van der Waals surface area contributed by atoms with E-state index in [-0.39, 0.29) is 11.6 Å². The van der Waals surface area contributed by atoms with E-state index in [0.717, 1.165) is 77.7 Å². The van der Waals surface area contributed by atoms with E-state index in [1.165, 1.54) is 12.7 Å². The molecule has 230 valence electrons. The summed E-state index contributed by atoms with van der Waals surface area (Å²) in [7, 11) is 1.56. The predicted octanol–water partition coefficient (Wildman–Crippen LogP) is 5.98. The van der Waals surface area contributed by atoms with Gasteiger partial charge in [-0.3, -0.25) is 18.9 Å². The standard InChI is InChI=1S/C30H31N7O4.C3H8/c1-3-6-26-25(28(38)36(29-31-18-32-37(26)29)22-15-13-21(14-16-22)34-40-2)17-19-9-11-20(12-10-19)23-7-4-5-8-24(23)27-33-30(39)41-35-27;1-3-2/h4-5,7-12,18,22H,3,6,13-17H2,1-2H3,(H,33,35,39);3H2,1-2H3. The Hall–Kier alpha value is -4.80. The average molecular weight is 598 g/mol. The lowest BCUT2D eigenvalue weighted by molar-refractivity contribution is 0.209. The van der Waals surface area contributed by atoms with E-state index in [1.54, 1.807) is 7.11 Å². The third-order valence-electron chi connectivity index (χ3n) is 7.70. The van der Waals surface area contributed by atoms with Crippen molar-refractivity contribution >= 4 is 11.5 Å².